The van der Waals surface area contributed by atoms with E-state index in [0.29, 0.717) is 4.83 Å². The van der Waals surface area contributed by atoms with Gasteiger partial charge in [-0.15, -0.1) is 0 Å². The summed E-state index contributed by atoms with van der Waals surface area (Å²) in [5.41, 5.74) is 1.14. The first-order valence-corrected chi connectivity index (χ1v) is 5.08. The number of ether oxygens (including phenoxy) is 1. The molecule has 0 unspecified atom stereocenters. The number of alkyl halides is 2. The lowest BCUT2D eigenvalue weighted by Gasteiger charge is -2.07. The highest BCUT2D eigenvalue weighted by Crippen LogP contribution is 2.24. The third-order valence-corrected chi connectivity index (χ3v) is 2.19. The van der Waals surface area contributed by atoms with Gasteiger partial charge in [0, 0.05) is 4.83 Å². The van der Waals surface area contributed by atoms with Gasteiger partial charge < -0.3 is 4.74 Å². The third kappa shape index (κ3) is 3.35. The molecule has 0 saturated heterocycles. The van der Waals surface area contributed by atoms with Gasteiger partial charge in [-0.3, -0.25) is 0 Å². The van der Waals surface area contributed by atoms with Gasteiger partial charge in [0.05, 0.1) is 0 Å². The minimum absolute atomic E-state index is 0.125. The van der Waals surface area contributed by atoms with E-state index in [1.807, 2.05) is 31.2 Å². The molecule has 0 fully saturated rings. The van der Waals surface area contributed by atoms with Crippen LogP contribution in [0.1, 0.15) is 17.3 Å². The fourth-order valence-corrected chi connectivity index (χ4v) is 1.29. The Bertz CT molecular complexity index is 263. The van der Waals surface area contributed by atoms with Gasteiger partial charge in [0.2, 0.25) is 0 Å². The summed E-state index contributed by atoms with van der Waals surface area (Å²) in [4.78, 5) is 0.293. The van der Waals surface area contributed by atoms with Gasteiger partial charge in [-0.25, -0.2) is 4.39 Å². The molecule has 0 spiro atoms. The summed E-state index contributed by atoms with van der Waals surface area (Å²) in [6.07, 6.45) is 0. The average molecular weight is 247 g/mol. The van der Waals surface area contributed by atoms with Crippen molar-refractivity contribution in [3.63, 3.8) is 0 Å². The van der Waals surface area contributed by atoms with Gasteiger partial charge in [-0.2, -0.15) is 0 Å². The normalized spacial score (nSPS) is 12.5. The Balaban J connectivity index is 2.68. The summed E-state index contributed by atoms with van der Waals surface area (Å²) in [6.45, 7) is 1.71. The Labute approximate surface area is 86.0 Å². The molecule has 72 valence electrons. The second kappa shape index (κ2) is 5.22. The van der Waals surface area contributed by atoms with Crippen LogP contribution in [-0.2, 0) is 0 Å². The van der Waals surface area contributed by atoms with E-state index in [4.69, 9.17) is 4.74 Å². The number of hydrogen-bond acceptors (Lipinski definition) is 1. The van der Waals surface area contributed by atoms with Crippen molar-refractivity contribution in [3.8, 4) is 5.75 Å². The second-order valence-electron chi connectivity index (χ2n) is 2.73. The fraction of sp³-hybridized carbons (Fsp3) is 0.400. The van der Waals surface area contributed by atoms with Crippen LogP contribution >= 0.6 is 15.9 Å². The lowest BCUT2D eigenvalue weighted by atomic mass is 10.2. The molecular formula is C10H12BrFO. The maximum atomic E-state index is 11.8. The highest BCUT2D eigenvalue weighted by atomic mass is 79.9. The van der Waals surface area contributed by atoms with Gasteiger partial charge in [-0.1, -0.05) is 28.1 Å². The largest absolute Gasteiger partial charge is 0.491 e. The van der Waals surface area contributed by atoms with Gasteiger partial charge in [0.15, 0.2) is 0 Å². The van der Waals surface area contributed by atoms with Crippen molar-refractivity contribution in [1.82, 2.24) is 0 Å². The van der Waals surface area contributed by atoms with Crippen molar-refractivity contribution >= 4 is 15.9 Å². The zero-order valence-corrected chi connectivity index (χ0v) is 9.05. The van der Waals surface area contributed by atoms with Crippen LogP contribution in [-0.4, -0.2) is 13.3 Å². The molecule has 0 aliphatic heterocycles. The Morgan fingerprint density at radius 1 is 1.54 bits per heavy atom. The first-order valence-electron chi connectivity index (χ1n) is 4.17. The zero-order chi connectivity index (χ0) is 9.68. The lowest BCUT2D eigenvalue weighted by Crippen LogP contribution is -1.98. The first-order chi connectivity index (χ1) is 6.24. The van der Waals surface area contributed by atoms with E-state index in [1.165, 1.54) is 0 Å². The van der Waals surface area contributed by atoms with Crippen LogP contribution in [0, 0.1) is 0 Å². The summed E-state index contributed by atoms with van der Waals surface area (Å²) >= 11 is 3.46. The SMILES string of the molecule is C[C@H](Br)c1cccc(OCCF)c1. The predicted molar refractivity (Wildman–Crippen MR) is 55.3 cm³/mol. The van der Waals surface area contributed by atoms with Crippen molar-refractivity contribution in [2.24, 2.45) is 0 Å². The molecule has 0 aliphatic carbocycles. The molecule has 0 aromatic heterocycles. The predicted octanol–water partition coefficient (Wildman–Crippen LogP) is 3.49. The van der Waals surface area contributed by atoms with E-state index in [-0.39, 0.29) is 6.61 Å². The Kier molecular flexibility index (Phi) is 4.22. The summed E-state index contributed by atoms with van der Waals surface area (Å²) in [5.74, 6) is 0.724. The molecule has 0 N–H and O–H groups in total. The monoisotopic (exact) mass is 246 g/mol. The summed E-state index contributed by atoms with van der Waals surface area (Å²) in [6, 6.07) is 7.64. The Hall–Kier alpha value is -0.570. The number of benzene rings is 1. The van der Waals surface area contributed by atoms with E-state index in [9.17, 15) is 4.39 Å². The summed E-state index contributed by atoms with van der Waals surface area (Å²) < 4.78 is 17.0. The molecule has 0 heterocycles. The lowest BCUT2D eigenvalue weighted by molar-refractivity contribution is 0.273. The molecule has 1 atom stereocenters. The van der Waals surface area contributed by atoms with Crippen LogP contribution < -0.4 is 4.74 Å². The minimum Gasteiger partial charge on any atom is -0.491 e. The van der Waals surface area contributed by atoms with Crippen molar-refractivity contribution < 1.29 is 9.13 Å². The van der Waals surface area contributed by atoms with E-state index in [1.54, 1.807) is 0 Å². The molecule has 0 saturated carbocycles. The van der Waals surface area contributed by atoms with Crippen molar-refractivity contribution in [3.05, 3.63) is 29.8 Å². The van der Waals surface area contributed by atoms with Crippen molar-refractivity contribution in [2.75, 3.05) is 13.3 Å². The number of hydrogen-bond donors (Lipinski definition) is 0. The molecule has 1 rings (SSSR count). The van der Waals surface area contributed by atoms with Gasteiger partial charge >= 0.3 is 0 Å². The molecule has 1 nitrogen and oxygen atoms in total. The standard InChI is InChI=1S/C10H12BrFO/c1-8(11)9-3-2-4-10(7-9)13-6-5-12/h2-4,7-8H,5-6H2,1H3/t8-/m0/s1. The van der Waals surface area contributed by atoms with E-state index in [0.717, 1.165) is 11.3 Å². The van der Waals surface area contributed by atoms with Crippen LogP contribution in [0.4, 0.5) is 4.39 Å². The number of halogens is 2. The average Bonchev–Trinajstić information content (AvgIpc) is 2.15. The van der Waals surface area contributed by atoms with Crippen LogP contribution in [0.2, 0.25) is 0 Å². The van der Waals surface area contributed by atoms with Crippen LogP contribution in [0.25, 0.3) is 0 Å². The van der Waals surface area contributed by atoms with Crippen LogP contribution in [0.3, 0.4) is 0 Å². The molecule has 1 aromatic carbocycles. The molecule has 0 radical (unpaired) electrons. The highest BCUT2D eigenvalue weighted by molar-refractivity contribution is 9.09. The second-order valence-corrected chi connectivity index (χ2v) is 4.10. The van der Waals surface area contributed by atoms with E-state index >= 15 is 0 Å². The maximum Gasteiger partial charge on any atom is 0.123 e. The molecule has 0 amide bonds. The Morgan fingerprint density at radius 2 is 2.31 bits per heavy atom. The molecule has 1 aromatic rings. The number of rotatable bonds is 4. The third-order valence-electron chi connectivity index (χ3n) is 1.66. The topological polar surface area (TPSA) is 9.23 Å². The van der Waals surface area contributed by atoms with E-state index in [2.05, 4.69) is 15.9 Å². The van der Waals surface area contributed by atoms with Crippen molar-refractivity contribution in [2.45, 2.75) is 11.8 Å². The smallest absolute Gasteiger partial charge is 0.123 e. The van der Waals surface area contributed by atoms with Gasteiger partial charge in [0.25, 0.3) is 0 Å². The van der Waals surface area contributed by atoms with Gasteiger partial charge in [-0.05, 0) is 24.6 Å². The van der Waals surface area contributed by atoms with Crippen molar-refractivity contribution in [1.29, 1.82) is 0 Å². The summed E-state index contributed by atoms with van der Waals surface area (Å²) in [5, 5.41) is 0. The molecule has 0 bridgehead atoms. The Morgan fingerprint density at radius 3 is 2.92 bits per heavy atom. The highest BCUT2D eigenvalue weighted by Gasteiger charge is 2.01. The maximum absolute atomic E-state index is 11.8. The van der Waals surface area contributed by atoms with Crippen LogP contribution in [0.15, 0.2) is 24.3 Å². The molecular weight excluding hydrogens is 235 g/mol. The van der Waals surface area contributed by atoms with Gasteiger partial charge in [0.1, 0.15) is 19.0 Å². The fourth-order valence-electron chi connectivity index (χ4n) is 1.01. The summed E-state index contributed by atoms with van der Waals surface area (Å²) in [7, 11) is 0. The molecule has 0 aliphatic rings. The quantitative estimate of drug-likeness (QED) is 0.740. The van der Waals surface area contributed by atoms with Crippen LogP contribution in [0.5, 0.6) is 5.75 Å². The molecule has 3 heteroatoms. The first kappa shape index (κ1) is 10.5. The minimum atomic E-state index is -0.450. The van der Waals surface area contributed by atoms with E-state index < -0.39 is 6.67 Å². The molecule has 13 heavy (non-hydrogen) atoms. The zero-order valence-electron chi connectivity index (χ0n) is 7.47.